The fourth-order valence-corrected chi connectivity index (χ4v) is 1.64. The number of pyridine rings is 1. The summed E-state index contributed by atoms with van der Waals surface area (Å²) < 4.78 is 2.77. The van der Waals surface area contributed by atoms with E-state index in [-0.39, 0.29) is 0 Å². The van der Waals surface area contributed by atoms with Crippen molar-refractivity contribution in [1.82, 2.24) is 14.6 Å². The van der Waals surface area contributed by atoms with E-state index in [1.54, 1.807) is 4.52 Å². The highest BCUT2D eigenvalue weighted by Crippen LogP contribution is 2.10. The van der Waals surface area contributed by atoms with Crippen LogP contribution in [-0.4, -0.2) is 20.4 Å². The molecule has 0 aliphatic carbocycles. The zero-order valence-electron chi connectivity index (χ0n) is 6.81. The van der Waals surface area contributed by atoms with Crippen molar-refractivity contribution in [1.29, 1.82) is 0 Å². The van der Waals surface area contributed by atoms with Crippen LogP contribution in [0, 0.1) is 0 Å². The zero-order chi connectivity index (χ0) is 9.26. The van der Waals surface area contributed by atoms with Gasteiger partial charge in [0.25, 0.3) is 0 Å². The van der Waals surface area contributed by atoms with Crippen LogP contribution in [0.3, 0.4) is 0 Å². The number of thiol groups is 1. The molecule has 0 N–H and O–H groups in total. The lowest BCUT2D eigenvalue weighted by Crippen LogP contribution is -1.90. The van der Waals surface area contributed by atoms with E-state index >= 15 is 0 Å². The molecule has 0 unspecified atom stereocenters. The summed E-state index contributed by atoms with van der Waals surface area (Å²) in [6.07, 6.45) is 2.70. The number of hydrogen-bond donors (Lipinski definition) is 1. The van der Waals surface area contributed by atoms with Gasteiger partial charge in [0.05, 0.1) is 0 Å². The third kappa shape index (κ3) is 1.86. The maximum atomic E-state index is 4.33. The molecule has 3 nitrogen and oxygen atoms in total. The lowest BCUT2D eigenvalue weighted by molar-refractivity contribution is 0.888. The Morgan fingerprint density at radius 2 is 2.31 bits per heavy atom. The molecule has 2 aromatic rings. The lowest BCUT2D eigenvalue weighted by atomic mass is 10.4. The van der Waals surface area contributed by atoms with Gasteiger partial charge in [-0.3, -0.25) is 0 Å². The minimum Gasteiger partial charge on any atom is -0.220 e. The van der Waals surface area contributed by atoms with Crippen LogP contribution in [0.15, 0.2) is 22.8 Å². The van der Waals surface area contributed by atoms with Gasteiger partial charge in [-0.1, -0.05) is 0 Å². The first-order chi connectivity index (χ1) is 6.29. The van der Waals surface area contributed by atoms with Crippen LogP contribution < -0.4 is 0 Å². The van der Waals surface area contributed by atoms with Gasteiger partial charge >= 0.3 is 0 Å². The number of aromatic nitrogens is 3. The molecule has 2 rings (SSSR count). The largest absolute Gasteiger partial charge is 0.220 e. The third-order valence-corrected chi connectivity index (χ3v) is 2.37. The maximum absolute atomic E-state index is 4.33. The molecular weight excluding hydrogens is 250 g/mol. The summed E-state index contributed by atoms with van der Waals surface area (Å²) in [4.78, 5) is 4.33. The van der Waals surface area contributed by atoms with Gasteiger partial charge in [-0.25, -0.2) is 9.50 Å². The monoisotopic (exact) mass is 257 g/mol. The Kier molecular flexibility index (Phi) is 2.55. The van der Waals surface area contributed by atoms with Gasteiger partial charge < -0.3 is 0 Å². The van der Waals surface area contributed by atoms with Crippen molar-refractivity contribution in [3.05, 3.63) is 28.6 Å². The fourth-order valence-electron chi connectivity index (χ4n) is 1.11. The highest BCUT2D eigenvalue weighted by Gasteiger charge is 2.01. The molecule has 0 bridgehead atoms. The molecule has 68 valence electrons. The highest BCUT2D eigenvalue weighted by atomic mass is 79.9. The summed E-state index contributed by atoms with van der Waals surface area (Å²) in [5.74, 6) is 1.62. The van der Waals surface area contributed by atoms with Crippen molar-refractivity contribution in [2.24, 2.45) is 0 Å². The van der Waals surface area contributed by atoms with Gasteiger partial charge in [-0.05, 0) is 33.8 Å². The Balaban J connectivity index is 2.49. The molecule has 5 heteroatoms. The van der Waals surface area contributed by atoms with Crippen molar-refractivity contribution in [2.45, 2.75) is 6.42 Å². The summed E-state index contributed by atoms with van der Waals surface area (Å²) in [5.41, 5.74) is 0.875. The van der Waals surface area contributed by atoms with Gasteiger partial charge in [-0.15, -0.1) is 0 Å². The summed E-state index contributed by atoms with van der Waals surface area (Å²) in [6.45, 7) is 0. The van der Waals surface area contributed by atoms with E-state index in [1.807, 2.05) is 18.3 Å². The van der Waals surface area contributed by atoms with E-state index in [0.29, 0.717) is 0 Å². The van der Waals surface area contributed by atoms with Crippen LogP contribution >= 0.6 is 28.6 Å². The van der Waals surface area contributed by atoms with Crippen molar-refractivity contribution in [2.75, 3.05) is 5.75 Å². The van der Waals surface area contributed by atoms with Crippen LogP contribution in [0.2, 0.25) is 0 Å². The first kappa shape index (κ1) is 9.02. The van der Waals surface area contributed by atoms with Crippen molar-refractivity contribution in [3.8, 4) is 0 Å². The summed E-state index contributed by atoms with van der Waals surface area (Å²) >= 11 is 7.51. The third-order valence-electron chi connectivity index (χ3n) is 1.67. The maximum Gasteiger partial charge on any atom is 0.155 e. The van der Waals surface area contributed by atoms with Gasteiger partial charge in [-0.2, -0.15) is 17.7 Å². The minimum absolute atomic E-state index is 0.776. The van der Waals surface area contributed by atoms with Crippen molar-refractivity contribution < 1.29 is 0 Å². The molecule has 0 saturated carbocycles. The zero-order valence-corrected chi connectivity index (χ0v) is 9.29. The second-order valence-electron chi connectivity index (χ2n) is 2.65. The topological polar surface area (TPSA) is 30.2 Å². The lowest BCUT2D eigenvalue weighted by Gasteiger charge is -1.90. The smallest absolute Gasteiger partial charge is 0.155 e. The van der Waals surface area contributed by atoms with Crippen LogP contribution in [0.4, 0.5) is 0 Å². The number of rotatable bonds is 2. The number of hydrogen-bond acceptors (Lipinski definition) is 3. The van der Waals surface area contributed by atoms with Crippen LogP contribution in [0.1, 0.15) is 5.82 Å². The van der Waals surface area contributed by atoms with Crippen LogP contribution in [-0.2, 0) is 6.42 Å². The number of halogens is 1. The molecule has 2 heterocycles. The molecule has 0 saturated heterocycles. The molecule has 0 aromatic carbocycles. The number of aryl methyl sites for hydroxylation is 1. The number of nitrogens with zero attached hydrogens (tertiary/aromatic N) is 3. The van der Waals surface area contributed by atoms with Gasteiger partial charge in [0, 0.05) is 17.1 Å². The predicted octanol–water partition coefficient (Wildman–Crippen LogP) is 1.96. The molecule has 0 amide bonds. The van der Waals surface area contributed by atoms with E-state index in [0.717, 1.165) is 28.1 Å². The van der Waals surface area contributed by atoms with Gasteiger partial charge in [0.15, 0.2) is 11.5 Å². The first-order valence-electron chi connectivity index (χ1n) is 3.91. The van der Waals surface area contributed by atoms with Crippen molar-refractivity contribution in [3.63, 3.8) is 0 Å². The Morgan fingerprint density at radius 3 is 3.08 bits per heavy atom. The highest BCUT2D eigenvalue weighted by molar-refractivity contribution is 9.10. The minimum atomic E-state index is 0.776. The van der Waals surface area contributed by atoms with Gasteiger partial charge in [0.1, 0.15) is 0 Å². The standard InChI is InChI=1S/C8H8BrN3S/c9-6-1-2-8-10-7(3-4-13)11-12(8)5-6/h1-2,5,13H,3-4H2. The number of fused-ring (bicyclic) bond motifs is 1. The summed E-state index contributed by atoms with van der Waals surface area (Å²) in [6, 6.07) is 3.88. The molecule has 0 fully saturated rings. The Bertz CT molecular complexity index is 426. The van der Waals surface area contributed by atoms with E-state index in [9.17, 15) is 0 Å². The average Bonchev–Trinajstić information content (AvgIpc) is 2.46. The average molecular weight is 258 g/mol. The second-order valence-corrected chi connectivity index (χ2v) is 4.01. The Hall–Kier alpha value is -0.550. The van der Waals surface area contributed by atoms with Crippen molar-refractivity contribution >= 4 is 34.2 Å². The Labute approximate surface area is 89.7 Å². The Morgan fingerprint density at radius 1 is 1.46 bits per heavy atom. The molecule has 0 spiro atoms. The van der Waals surface area contributed by atoms with E-state index < -0.39 is 0 Å². The predicted molar refractivity (Wildman–Crippen MR) is 58.2 cm³/mol. The quantitative estimate of drug-likeness (QED) is 0.835. The molecule has 0 aliphatic rings. The SMILES string of the molecule is SCCc1nc2ccc(Br)cn2n1. The molecule has 0 atom stereocenters. The molecule has 0 aliphatic heterocycles. The molecule has 0 radical (unpaired) electrons. The first-order valence-corrected chi connectivity index (χ1v) is 5.34. The summed E-state index contributed by atoms with van der Waals surface area (Å²) in [7, 11) is 0. The van der Waals surface area contributed by atoms with Crippen LogP contribution in [0.5, 0.6) is 0 Å². The molecular formula is C8H8BrN3S. The normalized spacial score (nSPS) is 10.9. The van der Waals surface area contributed by atoms with Gasteiger partial charge in [0.2, 0.25) is 0 Å². The van der Waals surface area contributed by atoms with E-state index in [4.69, 9.17) is 0 Å². The fraction of sp³-hybridized carbons (Fsp3) is 0.250. The van der Waals surface area contributed by atoms with E-state index in [1.165, 1.54) is 0 Å². The summed E-state index contributed by atoms with van der Waals surface area (Å²) in [5, 5.41) is 4.29. The van der Waals surface area contributed by atoms with E-state index in [2.05, 4.69) is 38.6 Å². The molecule has 2 aromatic heterocycles. The second kappa shape index (κ2) is 3.67. The molecule has 13 heavy (non-hydrogen) atoms. The van der Waals surface area contributed by atoms with Crippen LogP contribution in [0.25, 0.3) is 5.65 Å².